The van der Waals surface area contributed by atoms with Gasteiger partial charge in [0.15, 0.2) is 5.82 Å². The number of nitrogens with zero attached hydrogens (tertiary/aromatic N) is 4. The molecular weight excluding hydrogens is 260 g/mol. The van der Waals surface area contributed by atoms with Gasteiger partial charge in [-0.1, -0.05) is 22.4 Å². The first kappa shape index (κ1) is 12.3. The van der Waals surface area contributed by atoms with E-state index in [0.717, 1.165) is 5.56 Å². The van der Waals surface area contributed by atoms with Gasteiger partial charge in [-0.15, -0.1) is 0 Å². The fourth-order valence-electron chi connectivity index (χ4n) is 1.74. The molecule has 3 aromatic rings. The molecule has 0 aliphatic heterocycles. The molecule has 3 rings (SSSR count). The standard InChI is InChI=1S/C13H12N4O3/c1-3-18-10-7-5-4-6-9(10)11-15-13(20-17-11)12-14-8(2)16-19-12/h4-7H,3H2,1-2H3. The van der Waals surface area contributed by atoms with E-state index in [1.807, 2.05) is 31.2 Å². The molecule has 0 amide bonds. The first-order valence-corrected chi connectivity index (χ1v) is 6.14. The van der Waals surface area contributed by atoms with Crippen LogP contribution >= 0.6 is 0 Å². The van der Waals surface area contributed by atoms with Gasteiger partial charge in [-0.25, -0.2) is 0 Å². The Balaban J connectivity index is 1.98. The molecule has 2 heterocycles. The highest BCUT2D eigenvalue weighted by atomic mass is 16.5. The number of hydrogen-bond acceptors (Lipinski definition) is 7. The van der Waals surface area contributed by atoms with Gasteiger partial charge in [-0.2, -0.15) is 9.97 Å². The smallest absolute Gasteiger partial charge is 0.316 e. The summed E-state index contributed by atoms with van der Waals surface area (Å²) in [4.78, 5) is 8.29. The zero-order chi connectivity index (χ0) is 13.9. The Bertz CT molecular complexity index is 720. The summed E-state index contributed by atoms with van der Waals surface area (Å²) in [7, 11) is 0. The summed E-state index contributed by atoms with van der Waals surface area (Å²) >= 11 is 0. The zero-order valence-electron chi connectivity index (χ0n) is 11.0. The van der Waals surface area contributed by atoms with Gasteiger partial charge in [0.1, 0.15) is 5.75 Å². The monoisotopic (exact) mass is 272 g/mol. The maximum Gasteiger partial charge on any atom is 0.316 e. The van der Waals surface area contributed by atoms with Gasteiger partial charge >= 0.3 is 11.8 Å². The van der Waals surface area contributed by atoms with E-state index in [-0.39, 0.29) is 11.8 Å². The highest BCUT2D eigenvalue weighted by molar-refractivity contribution is 5.64. The number of hydrogen-bond donors (Lipinski definition) is 0. The van der Waals surface area contributed by atoms with E-state index in [1.54, 1.807) is 6.92 Å². The molecule has 0 atom stereocenters. The third-order valence-electron chi connectivity index (χ3n) is 2.56. The molecular formula is C13H12N4O3. The number of ether oxygens (including phenoxy) is 1. The molecule has 0 saturated carbocycles. The van der Waals surface area contributed by atoms with Crippen LogP contribution in [0.5, 0.6) is 5.75 Å². The number of aromatic nitrogens is 4. The normalized spacial score (nSPS) is 10.7. The van der Waals surface area contributed by atoms with Crippen LogP contribution in [0.3, 0.4) is 0 Å². The maximum absolute atomic E-state index is 5.54. The second kappa shape index (κ2) is 5.12. The summed E-state index contributed by atoms with van der Waals surface area (Å²) in [5.41, 5.74) is 0.751. The molecule has 102 valence electrons. The number of rotatable bonds is 4. The third kappa shape index (κ3) is 2.25. The summed E-state index contributed by atoms with van der Waals surface area (Å²) in [5.74, 6) is 2.01. The van der Waals surface area contributed by atoms with Crippen molar-refractivity contribution in [2.75, 3.05) is 6.61 Å². The third-order valence-corrected chi connectivity index (χ3v) is 2.56. The second-order valence-electron chi connectivity index (χ2n) is 4.00. The summed E-state index contributed by atoms with van der Waals surface area (Å²) in [6.07, 6.45) is 0. The molecule has 2 aromatic heterocycles. The predicted octanol–water partition coefficient (Wildman–Crippen LogP) is 2.49. The van der Waals surface area contributed by atoms with Crippen LogP contribution in [0.25, 0.3) is 23.2 Å². The van der Waals surface area contributed by atoms with Gasteiger partial charge in [0.2, 0.25) is 5.82 Å². The van der Waals surface area contributed by atoms with Crippen molar-refractivity contribution in [2.45, 2.75) is 13.8 Å². The van der Waals surface area contributed by atoms with E-state index in [9.17, 15) is 0 Å². The van der Waals surface area contributed by atoms with Crippen LogP contribution in [0.1, 0.15) is 12.7 Å². The average molecular weight is 272 g/mol. The van der Waals surface area contributed by atoms with E-state index in [2.05, 4.69) is 20.3 Å². The zero-order valence-corrected chi connectivity index (χ0v) is 11.0. The van der Waals surface area contributed by atoms with E-state index in [4.69, 9.17) is 13.8 Å². The van der Waals surface area contributed by atoms with Crippen molar-refractivity contribution in [2.24, 2.45) is 0 Å². The van der Waals surface area contributed by atoms with Crippen molar-refractivity contribution >= 4 is 0 Å². The van der Waals surface area contributed by atoms with Gasteiger partial charge < -0.3 is 13.8 Å². The van der Waals surface area contributed by atoms with Gasteiger partial charge in [0.25, 0.3) is 0 Å². The Morgan fingerprint density at radius 3 is 2.55 bits per heavy atom. The molecule has 0 saturated heterocycles. The molecule has 0 aliphatic carbocycles. The minimum atomic E-state index is 0.187. The molecule has 0 fully saturated rings. The summed E-state index contributed by atoms with van der Waals surface area (Å²) in [6, 6.07) is 7.48. The Kier molecular flexibility index (Phi) is 3.16. The van der Waals surface area contributed by atoms with Crippen LogP contribution in [0.15, 0.2) is 33.3 Å². The van der Waals surface area contributed by atoms with Crippen molar-refractivity contribution in [3.05, 3.63) is 30.1 Å². The van der Waals surface area contributed by atoms with Crippen LogP contribution in [0.4, 0.5) is 0 Å². The Morgan fingerprint density at radius 2 is 1.80 bits per heavy atom. The topological polar surface area (TPSA) is 87.1 Å². The molecule has 20 heavy (non-hydrogen) atoms. The van der Waals surface area contributed by atoms with Crippen LogP contribution in [0.2, 0.25) is 0 Å². The van der Waals surface area contributed by atoms with Crippen LogP contribution in [-0.4, -0.2) is 26.9 Å². The lowest BCUT2D eigenvalue weighted by Gasteiger charge is -2.05. The summed E-state index contributed by atoms with van der Waals surface area (Å²) in [6.45, 7) is 4.19. The fourth-order valence-corrected chi connectivity index (χ4v) is 1.74. The highest BCUT2D eigenvalue weighted by Crippen LogP contribution is 2.29. The molecule has 7 nitrogen and oxygen atoms in total. The van der Waals surface area contributed by atoms with Crippen molar-refractivity contribution in [3.8, 4) is 28.9 Å². The molecule has 0 unspecified atom stereocenters. The lowest BCUT2D eigenvalue weighted by Crippen LogP contribution is -1.94. The Morgan fingerprint density at radius 1 is 1.05 bits per heavy atom. The predicted molar refractivity (Wildman–Crippen MR) is 68.9 cm³/mol. The molecule has 0 N–H and O–H groups in total. The highest BCUT2D eigenvalue weighted by Gasteiger charge is 2.18. The van der Waals surface area contributed by atoms with Crippen molar-refractivity contribution < 1.29 is 13.8 Å². The summed E-state index contributed by atoms with van der Waals surface area (Å²) in [5, 5.41) is 7.60. The first-order valence-electron chi connectivity index (χ1n) is 6.14. The van der Waals surface area contributed by atoms with E-state index in [1.165, 1.54) is 0 Å². The van der Waals surface area contributed by atoms with Gasteiger partial charge in [0, 0.05) is 0 Å². The molecule has 0 radical (unpaired) electrons. The van der Waals surface area contributed by atoms with Crippen LogP contribution < -0.4 is 4.74 Å². The molecule has 7 heteroatoms. The van der Waals surface area contributed by atoms with Gasteiger partial charge in [-0.05, 0) is 26.0 Å². The minimum Gasteiger partial charge on any atom is -0.493 e. The lowest BCUT2D eigenvalue weighted by molar-refractivity contribution is 0.341. The van der Waals surface area contributed by atoms with Crippen LogP contribution in [0, 0.1) is 6.92 Å². The van der Waals surface area contributed by atoms with E-state index < -0.39 is 0 Å². The Hall–Kier alpha value is -2.70. The van der Waals surface area contributed by atoms with Crippen molar-refractivity contribution in [1.82, 2.24) is 20.3 Å². The molecule has 0 spiro atoms. The first-order chi connectivity index (χ1) is 9.78. The largest absolute Gasteiger partial charge is 0.493 e. The van der Waals surface area contributed by atoms with Crippen LogP contribution in [-0.2, 0) is 0 Å². The molecule has 0 bridgehead atoms. The Labute approximate surface area is 114 Å². The van der Waals surface area contributed by atoms with Crippen molar-refractivity contribution in [3.63, 3.8) is 0 Å². The second-order valence-corrected chi connectivity index (χ2v) is 4.00. The number of para-hydroxylation sites is 1. The van der Waals surface area contributed by atoms with E-state index >= 15 is 0 Å². The quantitative estimate of drug-likeness (QED) is 0.721. The number of aryl methyl sites for hydroxylation is 1. The molecule has 1 aromatic carbocycles. The summed E-state index contributed by atoms with van der Waals surface area (Å²) < 4.78 is 15.7. The fraction of sp³-hybridized carbons (Fsp3) is 0.231. The van der Waals surface area contributed by atoms with Gasteiger partial charge in [0.05, 0.1) is 12.2 Å². The average Bonchev–Trinajstić information content (AvgIpc) is 3.08. The maximum atomic E-state index is 5.54. The van der Waals surface area contributed by atoms with E-state index in [0.29, 0.717) is 24.0 Å². The van der Waals surface area contributed by atoms with Gasteiger partial charge in [-0.3, -0.25) is 0 Å². The minimum absolute atomic E-state index is 0.187. The number of benzene rings is 1. The van der Waals surface area contributed by atoms with Crippen molar-refractivity contribution in [1.29, 1.82) is 0 Å². The lowest BCUT2D eigenvalue weighted by atomic mass is 10.2. The molecule has 0 aliphatic rings. The SMILES string of the molecule is CCOc1ccccc1-c1noc(-c2nc(C)no2)n1.